The van der Waals surface area contributed by atoms with Crippen LogP contribution in [0, 0.1) is 12.7 Å². The zero-order valence-corrected chi connectivity index (χ0v) is 22.3. The fraction of sp³-hybridized carbons (Fsp3) is 0.519. The number of carbonyl (C=O) groups is 1. The maximum Gasteiger partial charge on any atom is 0.324 e. The average molecular weight is 523 g/mol. The van der Waals surface area contributed by atoms with E-state index in [-0.39, 0.29) is 35.6 Å². The topological polar surface area (TPSA) is 118 Å². The number of nitrogens with zero attached hydrogens (tertiary/aromatic N) is 7. The van der Waals surface area contributed by atoms with E-state index in [0.717, 1.165) is 31.5 Å². The zero-order valence-electron chi connectivity index (χ0n) is 22.3. The third-order valence-corrected chi connectivity index (χ3v) is 7.63. The predicted molar refractivity (Wildman–Crippen MR) is 142 cm³/mol. The van der Waals surface area contributed by atoms with Gasteiger partial charge >= 0.3 is 6.01 Å². The van der Waals surface area contributed by atoms with Crippen LogP contribution in [0.25, 0.3) is 0 Å². The Labute approximate surface area is 222 Å². The maximum atomic E-state index is 14.5. The number of carbonyl (C=O) groups excluding carboxylic acids is 1. The van der Waals surface area contributed by atoms with Gasteiger partial charge in [0.05, 0.1) is 5.56 Å². The largest absolute Gasteiger partial charge is 0.339 e. The number of anilines is 2. The Morgan fingerprint density at radius 2 is 1.87 bits per heavy atom. The zero-order chi connectivity index (χ0) is 27.0. The molecule has 2 atom stereocenters. The number of nitrogens with two attached hydrogens (primary N) is 1. The van der Waals surface area contributed by atoms with Gasteiger partial charge in [-0.15, -0.1) is 0 Å². The maximum absolute atomic E-state index is 14.5. The van der Waals surface area contributed by atoms with E-state index in [1.807, 2.05) is 38.8 Å². The smallest absolute Gasteiger partial charge is 0.324 e. The molecule has 1 amide bonds. The van der Waals surface area contributed by atoms with E-state index >= 15 is 0 Å². The van der Waals surface area contributed by atoms with Gasteiger partial charge in [-0.1, -0.05) is 36.7 Å². The Hall–Kier alpha value is -3.60. The Morgan fingerprint density at radius 1 is 1.16 bits per heavy atom. The summed E-state index contributed by atoms with van der Waals surface area (Å²) in [7, 11) is 1.82. The number of hydrogen-bond acceptors (Lipinski definition) is 9. The van der Waals surface area contributed by atoms with Crippen LogP contribution in [0.3, 0.4) is 0 Å². The lowest BCUT2D eigenvalue weighted by Gasteiger charge is -2.35. The van der Waals surface area contributed by atoms with Crippen molar-refractivity contribution in [3.05, 3.63) is 58.9 Å². The molecule has 0 saturated carbocycles. The van der Waals surface area contributed by atoms with Crippen molar-refractivity contribution in [1.29, 1.82) is 0 Å². The van der Waals surface area contributed by atoms with Gasteiger partial charge in [-0.25, -0.2) is 14.4 Å². The lowest BCUT2D eigenvalue weighted by molar-refractivity contribution is 0.0707. The molecule has 202 valence electrons. The van der Waals surface area contributed by atoms with Crippen LogP contribution in [0.2, 0.25) is 0 Å². The number of amides is 1. The number of aromatic nitrogens is 4. The molecule has 2 saturated heterocycles. The molecule has 2 N–H and O–H groups in total. The van der Waals surface area contributed by atoms with Crippen molar-refractivity contribution in [3.63, 3.8) is 0 Å². The molecule has 1 aromatic carbocycles. The molecule has 0 aliphatic carbocycles. The van der Waals surface area contributed by atoms with Gasteiger partial charge in [-0.3, -0.25) is 4.79 Å². The van der Waals surface area contributed by atoms with Crippen LogP contribution in [0.1, 0.15) is 65.8 Å². The number of hydrogen-bond donors (Lipinski definition) is 1. The molecule has 5 rings (SSSR count). The number of benzene rings is 1. The summed E-state index contributed by atoms with van der Waals surface area (Å²) in [5.74, 6) is 0.886. The van der Waals surface area contributed by atoms with Gasteiger partial charge in [0.1, 0.15) is 5.82 Å². The molecule has 0 bridgehead atoms. The number of rotatable bonds is 6. The summed E-state index contributed by atoms with van der Waals surface area (Å²) in [4.78, 5) is 32.4. The molecule has 4 heterocycles. The quantitative estimate of drug-likeness (QED) is 0.521. The van der Waals surface area contributed by atoms with Crippen molar-refractivity contribution in [2.75, 3.05) is 43.0 Å². The minimum absolute atomic E-state index is 0.0903. The van der Waals surface area contributed by atoms with Crippen LogP contribution in [-0.2, 0) is 0 Å². The van der Waals surface area contributed by atoms with Gasteiger partial charge in [0.2, 0.25) is 5.95 Å². The lowest BCUT2D eigenvalue weighted by Crippen LogP contribution is -2.45. The first-order valence-corrected chi connectivity index (χ1v) is 13.2. The van der Waals surface area contributed by atoms with E-state index in [4.69, 9.17) is 10.3 Å². The third kappa shape index (κ3) is 5.20. The van der Waals surface area contributed by atoms with Gasteiger partial charge in [0, 0.05) is 69.5 Å². The fourth-order valence-electron chi connectivity index (χ4n) is 5.27. The molecule has 3 aromatic rings. The Bertz CT molecular complexity index is 1270. The number of halogens is 1. The molecular weight excluding hydrogens is 487 g/mol. The van der Waals surface area contributed by atoms with E-state index < -0.39 is 0 Å². The van der Waals surface area contributed by atoms with Crippen molar-refractivity contribution in [2.24, 2.45) is 5.73 Å². The van der Waals surface area contributed by atoms with E-state index in [2.05, 4.69) is 25.0 Å². The van der Waals surface area contributed by atoms with Crippen LogP contribution in [0.15, 0.2) is 35.1 Å². The number of piperidine rings is 1. The van der Waals surface area contributed by atoms with Crippen molar-refractivity contribution in [3.8, 4) is 0 Å². The first-order valence-electron chi connectivity index (χ1n) is 13.2. The van der Waals surface area contributed by atoms with Gasteiger partial charge in [0.25, 0.3) is 5.91 Å². The van der Waals surface area contributed by atoms with Crippen LogP contribution < -0.4 is 15.5 Å². The second kappa shape index (κ2) is 10.6. The average Bonchev–Trinajstić information content (AvgIpc) is 3.57. The minimum Gasteiger partial charge on any atom is -0.339 e. The van der Waals surface area contributed by atoms with Crippen LogP contribution in [0.5, 0.6) is 0 Å². The predicted octanol–water partition coefficient (Wildman–Crippen LogP) is 3.10. The van der Waals surface area contributed by atoms with Crippen molar-refractivity contribution < 1.29 is 13.7 Å². The molecule has 0 radical (unpaired) electrons. The molecule has 11 heteroatoms. The summed E-state index contributed by atoms with van der Waals surface area (Å²) in [5.41, 5.74) is 8.43. The monoisotopic (exact) mass is 522 g/mol. The van der Waals surface area contributed by atoms with Gasteiger partial charge in [-0.2, -0.15) is 4.98 Å². The van der Waals surface area contributed by atoms with E-state index in [9.17, 15) is 9.18 Å². The number of aryl methyl sites for hydroxylation is 1. The highest BCUT2D eigenvalue weighted by molar-refractivity contribution is 5.93. The molecule has 2 aliphatic heterocycles. The van der Waals surface area contributed by atoms with E-state index in [0.29, 0.717) is 42.0 Å². The first kappa shape index (κ1) is 26.0. The van der Waals surface area contributed by atoms with E-state index in [1.165, 1.54) is 6.07 Å². The van der Waals surface area contributed by atoms with Crippen molar-refractivity contribution >= 4 is 17.9 Å². The highest BCUT2D eigenvalue weighted by Crippen LogP contribution is 2.31. The summed E-state index contributed by atoms with van der Waals surface area (Å²) in [6.07, 6.45) is 4.72. The highest BCUT2D eigenvalue weighted by Gasteiger charge is 2.35. The SMILES string of the molecule is Cc1ccc(F)c([C@H]2CN(c3ncc(C(=O)N(C)C4CCN(c5nc(C(C)C)no5)CC4)cn3)C[C@@H]2N)c1. The van der Waals surface area contributed by atoms with Crippen LogP contribution in [-0.4, -0.2) is 76.2 Å². The second-order valence-electron chi connectivity index (χ2n) is 10.7. The van der Waals surface area contributed by atoms with Crippen LogP contribution >= 0.6 is 0 Å². The normalized spacial score (nSPS) is 20.4. The molecule has 0 unspecified atom stereocenters. The standard InChI is InChI=1S/C27H35FN8O2/c1-16(2)24-32-27(38-33-24)35-9-7-19(8-10-35)34(4)25(37)18-12-30-26(31-13-18)36-14-21(23(29)15-36)20-11-17(3)5-6-22(20)28/h5-6,11-13,16,19,21,23H,7-10,14-15,29H2,1-4H3/t21-,23+/m1/s1. The lowest BCUT2D eigenvalue weighted by atomic mass is 9.93. The molecule has 10 nitrogen and oxygen atoms in total. The highest BCUT2D eigenvalue weighted by atomic mass is 19.1. The molecule has 0 spiro atoms. The Balaban J connectivity index is 1.18. The summed E-state index contributed by atoms with van der Waals surface area (Å²) in [6.45, 7) is 8.50. The Kier molecular flexibility index (Phi) is 7.29. The second-order valence-corrected chi connectivity index (χ2v) is 10.7. The summed E-state index contributed by atoms with van der Waals surface area (Å²) >= 11 is 0. The van der Waals surface area contributed by atoms with Gasteiger partial charge < -0.3 is 25.0 Å². The van der Waals surface area contributed by atoms with Crippen molar-refractivity contribution in [1.82, 2.24) is 25.0 Å². The fourth-order valence-corrected chi connectivity index (χ4v) is 5.27. The van der Waals surface area contributed by atoms with Gasteiger partial charge in [0.15, 0.2) is 5.82 Å². The van der Waals surface area contributed by atoms with Crippen molar-refractivity contribution in [2.45, 2.75) is 57.5 Å². The summed E-state index contributed by atoms with van der Waals surface area (Å²) < 4.78 is 19.9. The third-order valence-electron chi connectivity index (χ3n) is 7.63. The summed E-state index contributed by atoms with van der Waals surface area (Å²) in [5, 5.41) is 4.05. The Morgan fingerprint density at radius 3 is 2.53 bits per heavy atom. The summed E-state index contributed by atoms with van der Waals surface area (Å²) in [6, 6.07) is 5.50. The molecular formula is C27H35FN8O2. The minimum atomic E-state index is -0.244. The molecule has 2 fully saturated rings. The van der Waals surface area contributed by atoms with Crippen LogP contribution in [0.4, 0.5) is 16.4 Å². The van der Waals surface area contributed by atoms with Gasteiger partial charge in [-0.05, 0) is 31.4 Å². The van der Waals surface area contributed by atoms with E-state index in [1.54, 1.807) is 23.4 Å². The molecule has 38 heavy (non-hydrogen) atoms. The molecule has 2 aliphatic rings. The first-order chi connectivity index (χ1) is 18.2. The molecule has 2 aromatic heterocycles.